The number of nitrogens with zero attached hydrogens (tertiary/aromatic N) is 1. The van der Waals surface area contributed by atoms with Gasteiger partial charge in [-0.15, -0.1) is 0 Å². The largest absolute Gasteiger partial charge is 0.479 e. The van der Waals surface area contributed by atoms with Crippen molar-refractivity contribution in [1.29, 1.82) is 0 Å². The van der Waals surface area contributed by atoms with Crippen LogP contribution in [-0.2, 0) is 22.2 Å². The molecule has 1 aliphatic rings. The van der Waals surface area contributed by atoms with E-state index in [0.29, 0.717) is 0 Å². The summed E-state index contributed by atoms with van der Waals surface area (Å²) in [5.41, 5.74) is -3.21. The molecule has 120 valence electrons. The number of likely N-dealkylation sites (tertiary alicyclic amines) is 1. The third-order valence-corrected chi connectivity index (χ3v) is 3.57. The Labute approximate surface area is 123 Å². The van der Waals surface area contributed by atoms with Crippen LogP contribution in [0.5, 0.6) is 0 Å². The summed E-state index contributed by atoms with van der Waals surface area (Å²) in [6.07, 6.45) is -5.17. The van der Waals surface area contributed by atoms with Crippen LogP contribution in [0.2, 0.25) is 0 Å². The molecule has 1 heterocycles. The van der Waals surface area contributed by atoms with Crippen LogP contribution in [0.15, 0.2) is 24.3 Å². The van der Waals surface area contributed by atoms with Gasteiger partial charge in [0.05, 0.1) is 18.5 Å². The van der Waals surface area contributed by atoms with Crippen molar-refractivity contribution in [2.45, 2.75) is 24.7 Å². The lowest BCUT2D eigenvalue weighted by Crippen LogP contribution is -2.39. The number of halogens is 4. The molecule has 8 heteroatoms. The summed E-state index contributed by atoms with van der Waals surface area (Å²) in [6.45, 7) is -0.652. The van der Waals surface area contributed by atoms with Crippen LogP contribution >= 0.6 is 0 Å². The van der Waals surface area contributed by atoms with Gasteiger partial charge >= 0.3 is 12.1 Å². The molecule has 0 bridgehead atoms. The lowest BCUT2D eigenvalue weighted by Gasteiger charge is -2.18. The van der Waals surface area contributed by atoms with E-state index in [9.17, 15) is 27.2 Å². The molecule has 0 aromatic heterocycles. The number of carbonyl (C=O) groups is 2. The van der Waals surface area contributed by atoms with E-state index in [-0.39, 0.29) is 24.9 Å². The Bertz CT molecular complexity index is 602. The quantitative estimate of drug-likeness (QED) is 0.870. The molecule has 22 heavy (non-hydrogen) atoms. The second-order valence-corrected chi connectivity index (χ2v) is 5.21. The van der Waals surface area contributed by atoms with Gasteiger partial charge in [0.2, 0.25) is 11.6 Å². The second kappa shape index (κ2) is 5.58. The van der Waals surface area contributed by atoms with Crippen molar-refractivity contribution in [2.75, 3.05) is 13.1 Å². The topological polar surface area (TPSA) is 57.6 Å². The van der Waals surface area contributed by atoms with Crippen molar-refractivity contribution >= 4 is 11.9 Å². The number of carboxylic acid groups (broad SMARTS) is 1. The van der Waals surface area contributed by atoms with E-state index in [1.807, 2.05) is 0 Å². The van der Waals surface area contributed by atoms with Gasteiger partial charge in [-0.2, -0.15) is 13.2 Å². The summed E-state index contributed by atoms with van der Waals surface area (Å²) in [5, 5.41) is 8.75. The maximum Gasteiger partial charge on any atom is 0.416 e. The van der Waals surface area contributed by atoms with Crippen LogP contribution in [0.1, 0.15) is 17.5 Å². The van der Waals surface area contributed by atoms with Gasteiger partial charge in [-0.05, 0) is 11.6 Å². The Morgan fingerprint density at radius 3 is 2.55 bits per heavy atom. The van der Waals surface area contributed by atoms with Gasteiger partial charge in [-0.25, -0.2) is 9.18 Å². The van der Waals surface area contributed by atoms with E-state index in [0.717, 1.165) is 17.0 Å². The predicted octanol–water partition coefficient (Wildman–Crippen LogP) is 2.27. The fraction of sp³-hybridized carbons (Fsp3) is 0.429. The van der Waals surface area contributed by atoms with Crippen LogP contribution in [-0.4, -0.2) is 40.6 Å². The molecular weight excluding hydrogens is 306 g/mol. The normalized spacial score (nSPS) is 21.9. The highest BCUT2D eigenvalue weighted by atomic mass is 19.4. The smallest absolute Gasteiger partial charge is 0.416 e. The first-order valence-corrected chi connectivity index (χ1v) is 6.48. The number of alkyl halides is 4. The minimum Gasteiger partial charge on any atom is -0.479 e. The summed E-state index contributed by atoms with van der Waals surface area (Å²) in [6, 6.07) is 4.30. The fourth-order valence-electron chi connectivity index (χ4n) is 2.30. The van der Waals surface area contributed by atoms with Crippen LogP contribution in [0.4, 0.5) is 17.6 Å². The molecular formula is C14H13F4NO3. The fourth-order valence-corrected chi connectivity index (χ4v) is 2.30. The summed E-state index contributed by atoms with van der Waals surface area (Å²) in [4.78, 5) is 23.8. The Morgan fingerprint density at radius 1 is 1.32 bits per heavy atom. The average Bonchev–Trinajstić information content (AvgIpc) is 2.82. The number of rotatable bonds is 3. The lowest BCUT2D eigenvalue weighted by atomic mass is 10.1. The molecule has 0 spiro atoms. The molecule has 1 unspecified atom stereocenters. The first kappa shape index (κ1) is 16.3. The van der Waals surface area contributed by atoms with Crippen molar-refractivity contribution in [2.24, 2.45) is 0 Å². The van der Waals surface area contributed by atoms with Gasteiger partial charge in [0.15, 0.2) is 0 Å². The third kappa shape index (κ3) is 3.37. The summed E-state index contributed by atoms with van der Waals surface area (Å²) >= 11 is 0. The number of carboxylic acids is 1. The molecule has 1 N–H and O–H groups in total. The first-order chi connectivity index (χ1) is 10.1. The summed E-state index contributed by atoms with van der Waals surface area (Å²) in [7, 11) is 0. The summed E-state index contributed by atoms with van der Waals surface area (Å²) in [5.74, 6) is -2.23. The maximum absolute atomic E-state index is 13.9. The molecule has 2 rings (SSSR count). The molecule has 0 radical (unpaired) electrons. The van der Waals surface area contributed by atoms with E-state index >= 15 is 0 Å². The van der Waals surface area contributed by atoms with Gasteiger partial charge in [0.25, 0.3) is 0 Å². The number of hydrogen-bond acceptors (Lipinski definition) is 2. The van der Waals surface area contributed by atoms with Gasteiger partial charge in [0, 0.05) is 13.0 Å². The van der Waals surface area contributed by atoms with Gasteiger partial charge in [-0.1, -0.05) is 18.2 Å². The van der Waals surface area contributed by atoms with Crippen LogP contribution < -0.4 is 0 Å². The van der Waals surface area contributed by atoms with E-state index in [1.165, 1.54) is 12.1 Å². The molecule has 1 fully saturated rings. The zero-order chi connectivity index (χ0) is 16.5. The van der Waals surface area contributed by atoms with E-state index in [4.69, 9.17) is 5.11 Å². The van der Waals surface area contributed by atoms with Crippen LogP contribution in [0.25, 0.3) is 0 Å². The number of hydrogen-bond donors (Lipinski definition) is 1. The molecule has 4 nitrogen and oxygen atoms in total. The van der Waals surface area contributed by atoms with E-state index < -0.39 is 35.8 Å². The average molecular weight is 319 g/mol. The van der Waals surface area contributed by atoms with Crippen molar-refractivity contribution < 1.29 is 32.3 Å². The van der Waals surface area contributed by atoms with Gasteiger partial charge in [-0.3, -0.25) is 4.79 Å². The number of amides is 1. The maximum atomic E-state index is 13.9. The highest BCUT2D eigenvalue weighted by Gasteiger charge is 2.46. The Morgan fingerprint density at radius 2 is 2.00 bits per heavy atom. The number of benzene rings is 1. The molecule has 1 amide bonds. The standard InChI is InChI=1S/C14H13F4NO3/c15-13(12(21)22)4-5-19(8-13)11(20)7-9-2-1-3-10(6-9)14(16,17)18/h1-3,6H,4-5,7-8H2,(H,21,22). The third-order valence-electron chi connectivity index (χ3n) is 3.57. The predicted molar refractivity (Wildman–Crippen MR) is 67.8 cm³/mol. The highest BCUT2D eigenvalue weighted by Crippen LogP contribution is 2.30. The lowest BCUT2D eigenvalue weighted by molar-refractivity contribution is -0.150. The minimum absolute atomic E-state index is 0.0689. The number of aliphatic carboxylic acids is 1. The Balaban J connectivity index is 2.06. The van der Waals surface area contributed by atoms with Crippen molar-refractivity contribution in [1.82, 2.24) is 4.90 Å². The van der Waals surface area contributed by atoms with Crippen LogP contribution in [0.3, 0.4) is 0 Å². The molecule has 1 atom stereocenters. The Hall–Kier alpha value is -2.12. The van der Waals surface area contributed by atoms with Crippen molar-refractivity contribution in [3.05, 3.63) is 35.4 Å². The first-order valence-electron chi connectivity index (χ1n) is 6.48. The van der Waals surface area contributed by atoms with Crippen molar-refractivity contribution in [3.8, 4) is 0 Å². The van der Waals surface area contributed by atoms with Crippen LogP contribution in [0, 0.1) is 0 Å². The Kier molecular flexibility index (Phi) is 4.12. The molecule has 1 aliphatic heterocycles. The monoisotopic (exact) mass is 319 g/mol. The van der Waals surface area contributed by atoms with E-state index in [1.54, 1.807) is 0 Å². The second-order valence-electron chi connectivity index (χ2n) is 5.21. The summed E-state index contributed by atoms with van der Waals surface area (Å²) < 4.78 is 51.6. The minimum atomic E-state index is -4.51. The number of carbonyl (C=O) groups excluding carboxylic acids is 1. The zero-order valence-corrected chi connectivity index (χ0v) is 11.4. The zero-order valence-electron chi connectivity index (χ0n) is 11.4. The highest BCUT2D eigenvalue weighted by molar-refractivity contribution is 5.83. The van der Waals surface area contributed by atoms with Crippen molar-refractivity contribution in [3.63, 3.8) is 0 Å². The molecule has 0 aliphatic carbocycles. The molecule has 1 saturated heterocycles. The molecule has 1 aromatic carbocycles. The molecule has 0 saturated carbocycles. The van der Waals surface area contributed by atoms with Gasteiger partial charge in [0.1, 0.15) is 0 Å². The SMILES string of the molecule is O=C(Cc1cccc(C(F)(F)F)c1)N1CCC(F)(C(=O)O)C1. The molecule has 1 aromatic rings. The van der Waals surface area contributed by atoms with E-state index in [2.05, 4.69) is 0 Å². The van der Waals surface area contributed by atoms with Gasteiger partial charge < -0.3 is 10.0 Å².